The fraction of sp³-hybridized carbons (Fsp3) is 0.300. The SMILES string of the molecule is O=C(O)Nc1ccc2c(c1)CCCS2(=O)=O. The standard InChI is InChI=1S/C10H11NO4S/c12-10(13)11-8-3-4-9-7(6-8)2-1-5-16(9,14)15/h3-4,6,11H,1-2,5H2,(H,12,13). The first-order valence-electron chi connectivity index (χ1n) is 4.85. The van der Waals surface area contributed by atoms with Crippen LogP contribution in [0.4, 0.5) is 10.5 Å². The monoisotopic (exact) mass is 241 g/mol. The number of amides is 1. The normalized spacial score (nSPS) is 17.5. The summed E-state index contributed by atoms with van der Waals surface area (Å²) >= 11 is 0. The number of hydrogen-bond donors (Lipinski definition) is 2. The van der Waals surface area contributed by atoms with Crippen LogP contribution in [-0.2, 0) is 16.3 Å². The minimum Gasteiger partial charge on any atom is -0.465 e. The minimum absolute atomic E-state index is 0.172. The predicted octanol–water partition coefficient (Wildman–Crippen LogP) is 1.50. The molecule has 6 heteroatoms. The number of benzene rings is 1. The second-order valence-corrected chi connectivity index (χ2v) is 5.75. The van der Waals surface area contributed by atoms with Crippen molar-refractivity contribution in [3.8, 4) is 0 Å². The van der Waals surface area contributed by atoms with Crippen LogP contribution in [0.2, 0.25) is 0 Å². The Kier molecular flexibility index (Phi) is 2.59. The van der Waals surface area contributed by atoms with E-state index in [1.165, 1.54) is 12.1 Å². The van der Waals surface area contributed by atoms with E-state index in [2.05, 4.69) is 5.32 Å². The van der Waals surface area contributed by atoms with Crippen molar-refractivity contribution in [1.29, 1.82) is 0 Å². The van der Waals surface area contributed by atoms with Gasteiger partial charge >= 0.3 is 6.09 Å². The Morgan fingerprint density at radius 1 is 1.38 bits per heavy atom. The van der Waals surface area contributed by atoms with Crippen molar-refractivity contribution in [2.24, 2.45) is 0 Å². The summed E-state index contributed by atoms with van der Waals surface area (Å²) in [5.74, 6) is 0.172. The number of sulfone groups is 1. The van der Waals surface area contributed by atoms with Crippen molar-refractivity contribution in [3.63, 3.8) is 0 Å². The lowest BCUT2D eigenvalue weighted by molar-refractivity contribution is 0.209. The molecular weight excluding hydrogens is 230 g/mol. The number of anilines is 1. The van der Waals surface area contributed by atoms with Crippen molar-refractivity contribution < 1.29 is 18.3 Å². The highest BCUT2D eigenvalue weighted by Crippen LogP contribution is 2.27. The van der Waals surface area contributed by atoms with Crippen LogP contribution in [0.3, 0.4) is 0 Å². The Labute approximate surface area is 93.0 Å². The zero-order valence-corrected chi connectivity index (χ0v) is 9.25. The number of fused-ring (bicyclic) bond motifs is 1. The van der Waals surface area contributed by atoms with Gasteiger partial charge in [-0.2, -0.15) is 0 Å². The van der Waals surface area contributed by atoms with E-state index in [1.807, 2.05) is 0 Å². The number of aryl methyl sites for hydroxylation is 1. The lowest BCUT2D eigenvalue weighted by Crippen LogP contribution is -2.16. The number of hydrogen-bond acceptors (Lipinski definition) is 3. The number of carboxylic acid groups (broad SMARTS) is 1. The molecule has 0 radical (unpaired) electrons. The van der Waals surface area contributed by atoms with E-state index in [0.29, 0.717) is 29.0 Å². The van der Waals surface area contributed by atoms with E-state index < -0.39 is 15.9 Å². The van der Waals surface area contributed by atoms with Gasteiger partial charge in [-0.05, 0) is 36.6 Å². The summed E-state index contributed by atoms with van der Waals surface area (Å²) in [6.07, 6.45) is 0.105. The van der Waals surface area contributed by atoms with Crippen LogP contribution in [0, 0.1) is 0 Å². The molecule has 0 aromatic heterocycles. The molecule has 1 amide bonds. The average Bonchev–Trinajstić information content (AvgIpc) is 2.15. The van der Waals surface area contributed by atoms with Crippen LogP contribution in [0.1, 0.15) is 12.0 Å². The van der Waals surface area contributed by atoms with Crippen molar-refractivity contribution in [3.05, 3.63) is 23.8 Å². The smallest absolute Gasteiger partial charge is 0.409 e. The van der Waals surface area contributed by atoms with Gasteiger partial charge in [-0.1, -0.05) is 0 Å². The lowest BCUT2D eigenvalue weighted by atomic mass is 10.1. The third-order valence-electron chi connectivity index (χ3n) is 2.51. The summed E-state index contributed by atoms with van der Waals surface area (Å²) in [4.78, 5) is 10.8. The van der Waals surface area contributed by atoms with E-state index in [0.717, 1.165) is 0 Å². The summed E-state index contributed by atoms with van der Waals surface area (Å²) in [6.45, 7) is 0. The van der Waals surface area contributed by atoms with Gasteiger partial charge < -0.3 is 5.11 Å². The quantitative estimate of drug-likeness (QED) is 0.780. The zero-order valence-electron chi connectivity index (χ0n) is 8.43. The molecule has 2 N–H and O–H groups in total. The molecule has 0 spiro atoms. The Bertz CT molecular complexity index is 536. The largest absolute Gasteiger partial charge is 0.465 e. The van der Waals surface area contributed by atoms with Crippen LogP contribution >= 0.6 is 0 Å². The Morgan fingerprint density at radius 2 is 2.12 bits per heavy atom. The van der Waals surface area contributed by atoms with Crippen molar-refractivity contribution in [2.75, 3.05) is 11.1 Å². The zero-order chi connectivity index (χ0) is 11.8. The summed E-state index contributed by atoms with van der Waals surface area (Å²) in [6, 6.07) is 4.52. The summed E-state index contributed by atoms with van der Waals surface area (Å²) in [5, 5.41) is 10.7. The Morgan fingerprint density at radius 3 is 2.81 bits per heavy atom. The molecule has 2 rings (SSSR count). The number of nitrogens with one attached hydrogen (secondary N) is 1. The van der Waals surface area contributed by atoms with E-state index >= 15 is 0 Å². The summed E-state index contributed by atoms with van der Waals surface area (Å²) < 4.78 is 23.3. The van der Waals surface area contributed by atoms with E-state index in [4.69, 9.17) is 5.11 Å². The summed E-state index contributed by atoms with van der Waals surface area (Å²) in [5.41, 5.74) is 1.10. The van der Waals surface area contributed by atoms with E-state index in [-0.39, 0.29) is 5.75 Å². The molecule has 0 saturated carbocycles. The first kappa shape index (κ1) is 10.9. The molecule has 0 fully saturated rings. The maximum atomic E-state index is 11.7. The second-order valence-electron chi connectivity index (χ2n) is 3.68. The number of carbonyl (C=O) groups is 1. The van der Waals surface area contributed by atoms with Crippen molar-refractivity contribution in [1.82, 2.24) is 0 Å². The van der Waals surface area contributed by atoms with Gasteiger partial charge in [-0.25, -0.2) is 13.2 Å². The highest BCUT2D eigenvalue weighted by atomic mass is 32.2. The molecule has 0 atom stereocenters. The fourth-order valence-electron chi connectivity index (χ4n) is 1.84. The molecule has 1 heterocycles. The highest BCUT2D eigenvalue weighted by molar-refractivity contribution is 7.91. The number of rotatable bonds is 1. The van der Waals surface area contributed by atoms with E-state index in [9.17, 15) is 13.2 Å². The Hall–Kier alpha value is -1.56. The van der Waals surface area contributed by atoms with Crippen LogP contribution < -0.4 is 5.32 Å². The highest BCUT2D eigenvalue weighted by Gasteiger charge is 2.23. The topological polar surface area (TPSA) is 83.5 Å². The molecule has 16 heavy (non-hydrogen) atoms. The maximum Gasteiger partial charge on any atom is 0.409 e. The third-order valence-corrected chi connectivity index (χ3v) is 4.40. The average molecular weight is 241 g/mol. The first-order valence-corrected chi connectivity index (χ1v) is 6.50. The van der Waals surface area contributed by atoms with Gasteiger partial charge in [-0.15, -0.1) is 0 Å². The predicted molar refractivity (Wildman–Crippen MR) is 58.5 cm³/mol. The van der Waals surface area contributed by atoms with Crippen LogP contribution in [0.25, 0.3) is 0 Å². The Balaban J connectivity index is 2.43. The molecule has 0 saturated heterocycles. The van der Waals surface area contributed by atoms with Gasteiger partial charge in [0.25, 0.3) is 0 Å². The molecular formula is C10H11NO4S. The lowest BCUT2D eigenvalue weighted by Gasteiger charge is -2.16. The summed E-state index contributed by atoms with van der Waals surface area (Å²) in [7, 11) is -3.16. The fourth-order valence-corrected chi connectivity index (χ4v) is 3.42. The van der Waals surface area contributed by atoms with Gasteiger partial charge in [0.15, 0.2) is 9.84 Å². The van der Waals surface area contributed by atoms with Crippen LogP contribution in [0.5, 0.6) is 0 Å². The van der Waals surface area contributed by atoms with Gasteiger partial charge in [0.05, 0.1) is 10.6 Å². The van der Waals surface area contributed by atoms with Crippen LogP contribution in [0.15, 0.2) is 23.1 Å². The molecule has 1 aliphatic heterocycles. The molecule has 1 aromatic rings. The van der Waals surface area contributed by atoms with E-state index in [1.54, 1.807) is 6.07 Å². The second kappa shape index (κ2) is 3.79. The maximum absolute atomic E-state index is 11.7. The molecule has 0 aliphatic carbocycles. The van der Waals surface area contributed by atoms with Crippen LogP contribution in [-0.4, -0.2) is 25.4 Å². The third kappa shape index (κ3) is 2.01. The first-order chi connectivity index (χ1) is 7.49. The molecule has 1 aromatic carbocycles. The molecule has 86 valence electrons. The minimum atomic E-state index is -3.16. The molecule has 1 aliphatic rings. The molecule has 0 unspecified atom stereocenters. The van der Waals surface area contributed by atoms with Gasteiger partial charge in [0, 0.05) is 5.69 Å². The van der Waals surface area contributed by atoms with Crippen molar-refractivity contribution >= 4 is 21.6 Å². The van der Waals surface area contributed by atoms with Crippen molar-refractivity contribution in [2.45, 2.75) is 17.7 Å². The molecule has 5 nitrogen and oxygen atoms in total. The van der Waals surface area contributed by atoms with Gasteiger partial charge in [0.2, 0.25) is 0 Å². The van der Waals surface area contributed by atoms with Gasteiger partial charge in [0.1, 0.15) is 0 Å². The van der Waals surface area contributed by atoms with Gasteiger partial charge in [-0.3, -0.25) is 5.32 Å². The molecule has 0 bridgehead atoms.